The molecule has 0 N–H and O–H groups in total. The summed E-state index contributed by atoms with van der Waals surface area (Å²) in [7, 11) is 0. The summed E-state index contributed by atoms with van der Waals surface area (Å²) in [6.45, 7) is 3.92. The van der Waals surface area contributed by atoms with E-state index in [1.165, 1.54) is 6.08 Å². The van der Waals surface area contributed by atoms with E-state index < -0.39 is 5.60 Å². The molecule has 0 fully saturated rings. The van der Waals surface area contributed by atoms with Gasteiger partial charge in [0.05, 0.1) is 6.26 Å². The first-order chi connectivity index (χ1) is 7.22. The Morgan fingerprint density at radius 2 is 2.07 bits per heavy atom. The van der Waals surface area contributed by atoms with E-state index in [1.807, 2.05) is 13.8 Å². The quantitative estimate of drug-likeness (QED) is 0.763. The molecular formula is C12H14O3. The highest BCUT2D eigenvalue weighted by Crippen LogP contribution is 2.35. The van der Waals surface area contributed by atoms with E-state index in [0.29, 0.717) is 24.4 Å². The van der Waals surface area contributed by atoms with Crippen molar-refractivity contribution < 1.29 is 13.9 Å². The number of hydrogen-bond acceptors (Lipinski definition) is 3. The molecule has 0 aliphatic carbocycles. The van der Waals surface area contributed by atoms with Crippen LogP contribution in [0.25, 0.3) is 5.76 Å². The van der Waals surface area contributed by atoms with Gasteiger partial charge in [-0.2, -0.15) is 0 Å². The molecule has 3 nitrogen and oxygen atoms in total. The van der Waals surface area contributed by atoms with E-state index in [1.54, 1.807) is 18.4 Å². The number of hydrogen-bond donors (Lipinski definition) is 0. The average molecular weight is 206 g/mol. The van der Waals surface area contributed by atoms with Crippen molar-refractivity contribution in [1.82, 2.24) is 0 Å². The van der Waals surface area contributed by atoms with E-state index in [0.717, 1.165) is 0 Å². The fourth-order valence-corrected chi connectivity index (χ4v) is 1.82. The zero-order valence-corrected chi connectivity index (χ0v) is 8.95. The van der Waals surface area contributed by atoms with Crippen molar-refractivity contribution in [1.29, 1.82) is 0 Å². The number of furan rings is 1. The van der Waals surface area contributed by atoms with Crippen LogP contribution in [0.1, 0.15) is 32.4 Å². The van der Waals surface area contributed by atoms with E-state index in [2.05, 4.69) is 0 Å². The van der Waals surface area contributed by atoms with Crippen molar-refractivity contribution in [2.45, 2.75) is 32.3 Å². The topological polar surface area (TPSA) is 39.4 Å². The molecule has 0 atom stereocenters. The van der Waals surface area contributed by atoms with Crippen LogP contribution < -0.4 is 0 Å². The van der Waals surface area contributed by atoms with Crippen molar-refractivity contribution in [3.05, 3.63) is 30.2 Å². The Morgan fingerprint density at radius 1 is 1.33 bits per heavy atom. The fourth-order valence-electron chi connectivity index (χ4n) is 1.82. The van der Waals surface area contributed by atoms with Crippen molar-refractivity contribution in [2.24, 2.45) is 0 Å². The van der Waals surface area contributed by atoms with Gasteiger partial charge in [0.25, 0.3) is 0 Å². The Balaban J connectivity index is 2.28. The second-order valence-corrected chi connectivity index (χ2v) is 3.65. The lowest BCUT2D eigenvalue weighted by molar-refractivity contribution is -0.129. The van der Waals surface area contributed by atoms with Crippen LogP contribution in [0.4, 0.5) is 0 Å². The molecule has 0 spiro atoms. The number of rotatable bonds is 3. The van der Waals surface area contributed by atoms with Gasteiger partial charge in [0.15, 0.2) is 17.1 Å². The summed E-state index contributed by atoms with van der Waals surface area (Å²) in [6, 6.07) is 3.57. The highest BCUT2D eigenvalue weighted by molar-refractivity contribution is 6.04. The molecule has 1 aromatic heterocycles. The number of carbonyl (C=O) groups excluding carboxylic acids is 1. The maximum Gasteiger partial charge on any atom is 0.203 e. The Hall–Kier alpha value is -1.51. The molecule has 0 saturated heterocycles. The third-order valence-electron chi connectivity index (χ3n) is 2.92. The van der Waals surface area contributed by atoms with Gasteiger partial charge < -0.3 is 9.15 Å². The van der Waals surface area contributed by atoms with Crippen LogP contribution in [0.5, 0.6) is 0 Å². The maximum atomic E-state index is 11.8. The minimum absolute atomic E-state index is 0.0406. The summed E-state index contributed by atoms with van der Waals surface area (Å²) in [5.74, 6) is 1.21. The monoisotopic (exact) mass is 206 g/mol. The number of ether oxygens (including phenoxy) is 1. The summed E-state index contributed by atoms with van der Waals surface area (Å²) in [6.07, 6.45) is 4.47. The molecule has 80 valence electrons. The summed E-state index contributed by atoms with van der Waals surface area (Å²) in [4.78, 5) is 11.8. The number of carbonyl (C=O) groups is 1. The molecule has 0 saturated carbocycles. The molecule has 0 bridgehead atoms. The van der Waals surface area contributed by atoms with Crippen LogP contribution in [0.3, 0.4) is 0 Å². The van der Waals surface area contributed by atoms with Gasteiger partial charge in [-0.05, 0) is 25.0 Å². The van der Waals surface area contributed by atoms with Crippen LogP contribution in [0.2, 0.25) is 0 Å². The molecular weight excluding hydrogens is 192 g/mol. The summed E-state index contributed by atoms with van der Waals surface area (Å²) in [5, 5.41) is 0. The lowest BCUT2D eigenvalue weighted by Gasteiger charge is -2.24. The predicted octanol–water partition coefficient (Wildman–Crippen LogP) is 2.78. The third kappa shape index (κ3) is 1.48. The van der Waals surface area contributed by atoms with Crippen LogP contribution in [0.15, 0.2) is 28.9 Å². The van der Waals surface area contributed by atoms with Crippen LogP contribution >= 0.6 is 0 Å². The van der Waals surface area contributed by atoms with E-state index in [9.17, 15) is 4.79 Å². The average Bonchev–Trinajstić information content (AvgIpc) is 2.85. The second-order valence-electron chi connectivity index (χ2n) is 3.65. The third-order valence-corrected chi connectivity index (χ3v) is 2.92. The molecule has 1 aliphatic heterocycles. The first kappa shape index (κ1) is 10.0. The Kier molecular flexibility index (Phi) is 2.39. The summed E-state index contributed by atoms with van der Waals surface area (Å²) < 4.78 is 10.9. The van der Waals surface area contributed by atoms with Crippen LogP contribution in [-0.2, 0) is 9.53 Å². The van der Waals surface area contributed by atoms with Gasteiger partial charge in [-0.25, -0.2) is 0 Å². The van der Waals surface area contributed by atoms with E-state index >= 15 is 0 Å². The zero-order chi connectivity index (χ0) is 10.9. The summed E-state index contributed by atoms with van der Waals surface area (Å²) in [5.41, 5.74) is -0.665. The lowest BCUT2D eigenvalue weighted by atomic mass is 9.93. The van der Waals surface area contributed by atoms with E-state index in [4.69, 9.17) is 9.15 Å². The normalized spacial score (nSPS) is 18.8. The first-order valence-electron chi connectivity index (χ1n) is 5.21. The van der Waals surface area contributed by atoms with Gasteiger partial charge >= 0.3 is 0 Å². The smallest absolute Gasteiger partial charge is 0.203 e. The standard InChI is InChI=1S/C12H14O3/c1-3-12(4-2)11(13)8-10(15-12)9-6-5-7-14-9/h5-8H,3-4H2,1-2H3. The predicted molar refractivity (Wildman–Crippen MR) is 56.1 cm³/mol. The molecule has 1 aliphatic rings. The van der Waals surface area contributed by atoms with Gasteiger partial charge in [-0.1, -0.05) is 13.8 Å². The first-order valence-corrected chi connectivity index (χ1v) is 5.21. The lowest BCUT2D eigenvalue weighted by Crippen LogP contribution is -2.34. The van der Waals surface area contributed by atoms with Crippen molar-refractivity contribution >= 4 is 11.5 Å². The maximum absolute atomic E-state index is 11.8. The van der Waals surface area contributed by atoms with Gasteiger partial charge in [-0.15, -0.1) is 0 Å². The minimum atomic E-state index is -0.665. The highest BCUT2D eigenvalue weighted by Gasteiger charge is 2.42. The van der Waals surface area contributed by atoms with Gasteiger partial charge in [0.1, 0.15) is 0 Å². The molecule has 0 amide bonds. The Bertz CT molecular complexity index is 383. The largest absolute Gasteiger partial charge is 0.475 e. The van der Waals surface area contributed by atoms with Crippen LogP contribution in [0, 0.1) is 0 Å². The molecule has 1 aromatic rings. The molecule has 0 unspecified atom stereocenters. The Labute approximate surface area is 88.7 Å². The molecule has 2 heterocycles. The molecule has 0 aromatic carbocycles. The molecule has 3 heteroatoms. The molecule has 15 heavy (non-hydrogen) atoms. The van der Waals surface area contributed by atoms with Crippen molar-refractivity contribution in [3.8, 4) is 0 Å². The Morgan fingerprint density at radius 3 is 2.53 bits per heavy atom. The zero-order valence-electron chi connectivity index (χ0n) is 8.95. The highest BCUT2D eigenvalue weighted by atomic mass is 16.5. The fraction of sp³-hybridized carbons (Fsp3) is 0.417. The van der Waals surface area contributed by atoms with E-state index in [-0.39, 0.29) is 5.78 Å². The molecule has 0 radical (unpaired) electrons. The van der Waals surface area contributed by atoms with Crippen LogP contribution in [-0.4, -0.2) is 11.4 Å². The van der Waals surface area contributed by atoms with Gasteiger partial charge in [-0.3, -0.25) is 4.79 Å². The SMILES string of the molecule is CCC1(CC)OC(c2ccco2)=CC1=O. The minimum Gasteiger partial charge on any atom is -0.475 e. The van der Waals surface area contributed by atoms with Crippen molar-refractivity contribution in [2.75, 3.05) is 0 Å². The second kappa shape index (κ2) is 3.57. The number of ketones is 1. The van der Waals surface area contributed by atoms with Gasteiger partial charge in [0, 0.05) is 6.08 Å². The van der Waals surface area contributed by atoms with Gasteiger partial charge in [0.2, 0.25) is 5.78 Å². The van der Waals surface area contributed by atoms with Crippen molar-refractivity contribution in [3.63, 3.8) is 0 Å². The summed E-state index contributed by atoms with van der Waals surface area (Å²) >= 11 is 0. The molecule has 2 rings (SSSR count).